The number of amides is 1. The third kappa shape index (κ3) is 3.46. The van der Waals surface area contributed by atoms with Crippen LogP contribution in [0.5, 0.6) is 0 Å². The number of benzene rings is 1. The Labute approximate surface area is 175 Å². The Balaban J connectivity index is 1.35. The van der Waals surface area contributed by atoms with E-state index in [9.17, 15) is 4.79 Å². The first-order valence-corrected chi connectivity index (χ1v) is 11.3. The van der Waals surface area contributed by atoms with E-state index in [1.165, 1.54) is 10.4 Å². The van der Waals surface area contributed by atoms with E-state index >= 15 is 0 Å². The standard InChI is InChI=1S/C22H27N5OS/c1-25(14-20-23-17-7-3-4-8-19(17)29-20)15-9-10-18-16(13-15)21(24-26(18)2)22(28)27-11-5-6-12-27/h3-4,7-8,15H,5-6,9-14H2,1-2H3. The highest BCUT2D eigenvalue weighted by Gasteiger charge is 2.32. The smallest absolute Gasteiger partial charge is 0.274 e. The van der Waals surface area contributed by atoms with E-state index in [-0.39, 0.29) is 5.91 Å². The number of aryl methyl sites for hydroxylation is 1. The minimum atomic E-state index is 0.119. The summed E-state index contributed by atoms with van der Waals surface area (Å²) in [6.45, 7) is 2.57. The van der Waals surface area contributed by atoms with Gasteiger partial charge in [0.05, 0.1) is 16.8 Å². The fraction of sp³-hybridized carbons (Fsp3) is 0.500. The molecule has 0 bridgehead atoms. The topological polar surface area (TPSA) is 54.3 Å². The van der Waals surface area contributed by atoms with Crippen LogP contribution in [0, 0.1) is 0 Å². The fourth-order valence-electron chi connectivity index (χ4n) is 4.72. The zero-order chi connectivity index (χ0) is 20.0. The number of rotatable bonds is 4. The molecule has 2 aromatic heterocycles. The lowest BCUT2D eigenvalue weighted by Gasteiger charge is -2.31. The number of likely N-dealkylation sites (N-methyl/N-ethyl adjacent to an activating group) is 1. The molecule has 0 saturated carbocycles. The second kappa shape index (κ2) is 7.54. The van der Waals surface area contributed by atoms with Crippen LogP contribution >= 0.6 is 11.3 Å². The summed E-state index contributed by atoms with van der Waals surface area (Å²) in [5.41, 5.74) is 4.16. The third-order valence-corrected chi connectivity index (χ3v) is 7.39. The van der Waals surface area contributed by atoms with Crippen LogP contribution in [-0.4, -0.2) is 56.7 Å². The molecule has 0 radical (unpaired) electrons. The van der Waals surface area contributed by atoms with Gasteiger partial charge < -0.3 is 4.90 Å². The van der Waals surface area contributed by atoms with Crippen molar-refractivity contribution < 1.29 is 4.79 Å². The lowest BCUT2D eigenvalue weighted by atomic mass is 9.90. The summed E-state index contributed by atoms with van der Waals surface area (Å²) in [4.78, 5) is 22.2. The maximum absolute atomic E-state index is 13.0. The van der Waals surface area contributed by atoms with Gasteiger partial charge in [0.2, 0.25) is 0 Å². The normalized spacial score (nSPS) is 19.3. The average Bonchev–Trinajstić information content (AvgIpc) is 3.46. The van der Waals surface area contributed by atoms with Crippen molar-refractivity contribution in [1.82, 2.24) is 24.6 Å². The first kappa shape index (κ1) is 18.8. The zero-order valence-corrected chi connectivity index (χ0v) is 17.9. The second-order valence-electron chi connectivity index (χ2n) is 8.28. The minimum Gasteiger partial charge on any atom is -0.337 e. The molecule has 29 heavy (non-hydrogen) atoms. The van der Waals surface area contributed by atoms with Crippen molar-refractivity contribution in [2.45, 2.75) is 44.7 Å². The van der Waals surface area contributed by atoms with Crippen molar-refractivity contribution in [3.05, 3.63) is 46.2 Å². The van der Waals surface area contributed by atoms with Gasteiger partial charge in [-0.3, -0.25) is 14.4 Å². The lowest BCUT2D eigenvalue weighted by Crippen LogP contribution is -2.37. The van der Waals surface area contributed by atoms with Gasteiger partial charge in [-0.15, -0.1) is 11.3 Å². The van der Waals surface area contributed by atoms with Gasteiger partial charge in [0.25, 0.3) is 5.91 Å². The summed E-state index contributed by atoms with van der Waals surface area (Å²) in [6.07, 6.45) is 5.16. The molecule has 1 unspecified atom stereocenters. The molecule has 1 saturated heterocycles. The predicted molar refractivity (Wildman–Crippen MR) is 115 cm³/mol. The van der Waals surface area contributed by atoms with E-state index in [1.54, 1.807) is 11.3 Å². The number of hydrogen-bond acceptors (Lipinski definition) is 5. The summed E-state index contributed by atoms with van der Waals surface area (Å²) < 4.78 is 3.18. The van der Waals surface area contributed by atoms with Gasteiger partial charge in [0, 0.05) is 37.4 Å². The number of carbonyl (C=O) groups is 1. The number of fused-ring (bicyclic) bond motifs is 2. The molecule has 152 valence electrons. The molecule has 5 rings (SSSR count). The van der Waals surface area contributed by atoms with Crippen LogP contribution in [0.4, 0.5) is 0 Å². The quantitative estimate of drug-likeness (QED) is 0.664. The SMILES string of the molecule is CN(Cc1nc2ccccc2s1)C1CCc2c(c(C(=O)N3CCCC3)nn2C)C1. The fourth-order valence-corrected chi connectivity index (χ4v) is 5.75. The van der Waals surface area contributed by atoms with E-state index in [0.717, 1.165) is 67.8 Å². The number of nitrogens with zero attached hydrogens (tertiary/aromatic N) is 5. The van der Waals surface area contributed by atoms with E-state index in [2.05, 4.69) is 35.2 Å². The Morgan fingerprint density at radius 1 is 1.28 bits per heavy atom. The van der Waals surface area contributed by atoms with Crippen LogP contribution in [0.3, 0.4) is 0 Å². The van der Waals surface area contributed by atoms with Crippen LogP contribution in [0.15, 0.2) is 24.3 Å². The highest BCUT2D eigenvalue weighted by Crippen LogP contribution is 2.30. The number of likely N-dealkylation sites (tertiary alicyclic amines) is 1. The Hall–Kier alpha value is -2.25. The number of thiazole rings is 1. The monoisotopic (exact) mass is 409 g/mol. The number of hydrogen-bond donors (Lipinski definition) is 0. The molecule has 0 spiro atoms. The van der Waals surface area contributed by atoms with Gasteiger partial charge in [-0.05, 0) is 51.3 Å². The number of para-hydroxylation sites is 1. The van der Waals surface area contributed by atoms with E-state index < -0.39 is 0 Å². The largest absolute Gasteiger partial charge is 0.337 e. The Bertz CT molecular complexity index is 1020. The molecule has 3 aromatic rings. The summed E-state index contributed by atoms with van der Waals surface area (Å²) in [6, 6.07) is 8.73. The van der Waals surface area contributed by atoms with E-state index in [1.807, 2.05) is 22.7 Å². The molecule has 1 fully saturated rings. The first-order valence-electron chi connectivity index (χ1n) is 10.5. The Kier molecular flexibility index (Phi) is 4.87. The second-order valence-corrected chi connectivity index (χ2v) is 9.40. The molecule has 1 aliphatic heterocycles. The predicted octanol–water partition coefficient (Wildman–Crippen LogP) is 3.26. The highest BCUT2D eigenvalue weighted by atomic mass is 32.1. The first-order chi connectivity index (χ1) is 14.1. The molecule has 7 heteroatoms. The Morgan fingerprint density at radius 3 is 2.86 bits per heavy atom. The molecule has 1 aromatic carbocycles. The molecule has 1 aliphatic carbocycles. The molecule has 1 atom stereocenters. The lowest BCUT2D eigenvalue weighted by molar-refractivity contribution is 0.0784. The van der Waals surface area contributed by atoms with Crippen molar-refractivity contribution in [3.8, 4) is 0 Å². The summed E-state index contributed by atoms with van der Waals surface area (Å²) >= 11 is 1.77. The van der Waals surface area contributed by atoms with Gasteiger partial charge in [-0.2, -0.15) is 5.10 Å². The Morgan fingerprint density at radius 2 is 2.07 bits per heavy atom. The summed E-state index contributed by atoms with van der Waals surface area (Å²) in [5, 5.41) is 5.79. The average molecular weight is 410 g/mol. The number of carbonyl (C=O) groups excluding carboxylic acids is 1. The summed E-state index contributed by atoms with van der Waals surface area (Å²) in [5.74, 6) is 0.119. The maximum atomic E-state index is 13.0. The summed E-state index contributed by atoms with van der Waals surface area (Å²) in [7, 11) is 4.16. The van der Waals surface area contributed by atoms with Gasteiger partial charge in [0.15, 0.2) is 5.69 Å². The molecule has 3 heterocycles. The van der Waals surface area contributed by atoms with Crippen molar-refractivity contribution >= 4 is 27.5 Å². The van der Waals surface area contributed by atoms with Gasteiger partial charge in [0.1, 0.15) is 5.01 Å². The molecule has 2 aliphatic rings. The van der Waals surface area contributed by atoms with Gasteiger partial charge in [-0.25, -0.2) is 4.98 Å². The third-order valence-electron chi connectivity index (χ3n) is 6.37. The van der Waals surface area contributed by atoms with Crippen molar-refractivity contribution in [2.24, 2.45) is 7.05 Å². The molecular weight excluding hydrogens is 382 g/mol. The zero-order valence-electron chi connectivity index (χ0n) is 17.1. The van der Waals surface area contributed by atoms with E-state index in [0.29, 0.717) is 11.7 Å². The molecule has 1 amide bonds. The van der Waals surface area contributed by atoms with Crippen LogP contribution in [0.25, 0.3) is 10.2 Å². The van der Waals surface area contributed by atoms with Crippen molar-refractivity contribution in [2.75, 3.05) is 20.1 Å². The minimum absolute atomic E-state index is 0.119. The van der Waals surface area contributed by atoms with Crippen LogP contribution in [0.1, 0.15) is 46.0 Å². The van der Waals surface area contributed by atoms with Crippen molar-refractivity contribution in [1.29, 1.82) is 0 Å². The van der Waals surface area contributed by atoms with Gasteiger partial charge >= 0.3 is 0 Å². The van der Waals surface area contributed by atoms with Crippen LogP contribution in [-0.2, 0) is 26.4 Å². The van der Waals surface area contributed by atoms with Crippen molar-refractivity contribution in [3.63, 3.8) is 0 Å². The van der Waals surface area contributed by atoms with E-state index in [4.69, 9.17) is 4.98 Å². The van der Waals surface area contributed by atoms with Crippen LogP contribution < -0.4 is 0 Å². The van der Waals surface area contributed by atoms with Crippen LogP contribution in [0.2, 0.25) is 0 Å². The molecule has 6 nitrogen and oxygen atoms in total. The van der Waals surface area contributed by atoms with Gasteiger partial charge in [-0.1, -0.05) is 12.1 Å². The number of aromatic nitrogens is 3. The molecule has 0 N–H and O–H groups in total. The molecular formula is C22H27N5OS. The highest BCUT2D eigenvalue weighted by molar-refractivity contribution is 7.18. The maximum Gasteiger partial charge on any atom is 0.274 e.